The van der Waals surface area contributed by atoms with E-state index in [9.17, 15) is 14.2 Å². The number of esters is 1. The van der Waals surface area contributed by atoms with E-state index in [0.717, 1.165) is 18.4 Å². The van der Waals surface area contributed by atoms with Crippen LogP contribution in [0.1, 0.15) is 65.9 Å². The molecule has 1 saturated heterocycles. The molecule has 39 heavy (non-hydrogen) atoms. The molecule has 5 atom stereocenters. The zero-order valence-electron chi connectivity index (χ0n) is 23.9. The van der Waals surface area contributed by atoms with E-state index in [1.165, 1.54) is 6.92 Å². The molecule has 9 nitrogen and oxygen atoms in total. The molecule has 10 heteroatoms. The standard InChI is InChI=1S/C29H45N2O7P/c1-7-10-11-12-18-30-29(33)31-25-15-13-24(14-16-25)20-27-21(4)22(5)28(37-23(6)32)26(38-27)17-19-39(34,35-8-2)36-9-3/h1,13-16,21-22,26-28H,8-12,17-20H2,2-6H3,(H2,30,31,33)/t21-,22+,26+,27+,28-/m0/s1. The van der Waals surface area contributed by atoms with Gasteiger partial charge in [0, 0.05) is 31.5 Å². The van der Waals surface area contributed by atoms with Gasteiger partial charge in [0.2, 0.25) is 0 Å². The molecule has 218 valence electrons. The van der Waals surface area contributed by atoms with Gasteiger partial charge in [0.15, 0.2) is 0 Å². The number of urea groups is 1. The minimum Gasteiger partial charge on any atom is -0.459 e. The maximum Gasteiger partial charge on any atom is 0.330 e. The summed E-state index contributed by atoms with van der Waals surface area (Å²) in [6.07, 6.45) is 7.83. The Labute approximate surface area is 233 Å². The van der Waals surface area contributed by atoms with Crippen LogP contribution in [0.3, 0.4) is 0 Å². The zero-order chi connectivity index (χ0) is 28.8. The van der Waals surface area contributed by atoms with Crippen LogP contribution in [-0.2, 0) is 34.3 Å². The molecular weight excluding hydrogens is 519 g/mol. The number of unbranched alkanes of at least 4 members (excludes halogenated alkanes) is 2. The summed E-state index contributed by atoms with van der Waals surface area (Å²) in [4.78, 5) is 24.0. The summed E-state index contributed by atoms with van der Waals surface area (Å²) in [5.41, 5.74) is 1.75. The molecule has 1 aliphatic rings. The number of amides is 2. The molecule has 0 aromatic heterocycles. The Morgan fingerprint density at radius 2 is 1.72 bits per heavy atom. The number of anilines is 1. The van der Waals surface area contributed by atoms with Crippen molar-refractivity contribution in [1.82, 2.24) is 5.32 Å². The highest BCUT2D eigenvalue weighted by molar-refractivity contribution is 7.53. The molecule has 0 saturated carbocycles. The van der Waals surface area contributed by atoms with Crippen molar-refractivity contribution in [2.45, 2.75) is 85.0 Å². The zero-order valence-corrected chi connectivity index (χ0v) is 24.8. The second-order valence-electron chi connectivity index (χ2n) is 9.91. The Morgan fingerprint density at radius 3 is 2.31 bits per heavy atom. The van der Waals surface area contributed by atoms with Crippen LogP contribution < -0.4 is 10.6 Å². The van der Waals surface area contributed by atoms with Gasteiger partial charge in [-0.15, -0.1) is 12.3 Å². The van der Waals surface area contributed by atoms with Gasteiger partial charge in [0.1, 0.15) is 6.10 Å². The largest absolute Gasteiger partial charge is 0.459 e. The molecule has 1 aromatic carbocycles. The van der Waals surface area contributed by atoms with Crippen LogP contribution in [0.2, 0.25) is 0 Å². The van der Waals surface area contributed by atoms with Gasteiger partial charge >= 0.3 is 19.6 Å². The van der Waals surface area contributed by atoms with Crippen LogP contribution >= 0.6 is 7.60 Å². The Bertz CT molecular complexity index is 984. The van der Waals surface area contributed by atoms with Gasteiger partial charge in [0.05, 0.1) is 31.6 Å². The van der Waals surface area contributed by atoms with Gasteiger partial charge in [0.25, 0.3) is 0 Å². The molecule has 1 aliphatic heterocycles. The molecule has 0 bridgehead atoms. The Kier molecular flexibility index (Phi) is 14.0. The van der Waals surface area contributed by atoms with Crippen molar-refractivity contribution in [3.8, 4) is 12.3 Å². The first-order valence-corrected chi connectivity index (χ1v) is 15.6. The normalized spacial score (nSPS) is 23.0. The molecule has 1 fully saturated rings. The third-order valence-corrected chi connectivity index (χ3v) is 9.08. The molecular formula is C29H45N2O7P. The topological polar surface area (TPSA) is 112 Å². The highest BCUT2D eigenvalue weighted by Crippen LogP contribution is 2.49. The predicted molar refractivity (Wildman–Crippen MR) is 153 cm³/mol. The quantitative estimate of drug-likeness (QED) is 0.120. The molecule has 1 aromatic rings. The number of carbonyl (C=O) groups is 2. The smallest absolute Gasteiger partial charge is 0.330 e. The van der Waals surface area contributed by atoms with Gasteiger partial charge in [-0.05, 0) is 63.1 Å². The van der Waals surface area contributed by atoms with Crippen molar-refractivity contribution in [3.63, 3.8) is 0 Å². The average Bonchev–Trinajstić information content (AvgIpc) is 2.89. The van der Waals surface area contributed by atoms with E-state index in [1.807, 2.05) is 24.3 Å². The lowest BCUT2D eigenvalue weighted by Crippen LogP contribution is -2.51. The lowest BCUT2D eigenvalue weighted by Gasteiger charge is -2.44. The fourth-order valence-electron chi connectivity index (χ4n) is 4.77. The van der Waals surface area contributed by atoms with Crippen molar-refractivity contribution in [2.75, 3.05) is 31.2 Å². The van der Waals surface area contributed by atoms with E-state index in [1.54, 1.807) is 13.8 Å². The van der Waals surface area contributed by atoms with Crippen molar-refractivity contribution >= 4 is 25.3 Å². The number of carbonyl (C=O) groups excluding carboxylic acids is 2. The Balaban J connectivity index is 2.03. The number of rotatable bonds is 15. The highest BCUT2D eigenvalue weighted by Gasteiger charge is 2.44. The lowest BCUT2D eigenvalue weighted by atomic mass is 9.79. The van der Waals surface area contributed by atoms with Gasteiger partial charge in [-0.2, -0.15) is 0 Å². The second-order valence-corrected chi connectivity index (χ2v) is 12.1. The van der Waals surface area contributed by atoms with E-state index in [-0.39, 0.29) is 49.3 Å². The summed E-state index contributed by atoms with van der Waals surface area (Å²) in [5.74, 6) is 2.35. The maximum absolute atomic E-state index is 13.1. The first kappa shape index (κ1) is 32.8. The summed E-state index contributed by atoms with van der Waals surface area (Å²) in [6.45, 7) is 10.2. The minimum atomic E-state index is -3.27. The van der Waals surface area contributed by atoms with Gasteiger partial charge < -0.3 is 29.2 Å². The van der Waals surface area contributed by atoms with Crippen LogP contribution in [0, 0.1) is 24.2 Å². The fourth-order valence-corrected chi connectivity index (χ4v) is 6.46. The molecule has 2 N–H and O–H groups in total. The van der Waals surface area contributed by atoms with Gasteiger partial charge in [-0.1, -0.05) is 26.0 Å². The second kappa shape index (κ2) is 16.7. The average molecular weight is 565 g/mol. The van der Waals surface area contributed by atoms with Gasteiger partial charge in [-0.3, -0.25) is 9.36 Å². The minimum absolute atomic E-state index is 0.0292. The Hall–Kier alpha value is -2.37. The lowest BCUT2D eigenvalue weighted by molar-refractivity contribution is -0.194. The first-order valence-electron chi connectivity index (χ1n) is 13.9. The van der Waals surface area contributed by atoms with Crippen molar-refractivity contribution in [1.29, 1.82) is 0 Å². The van der Waals surface area contributed by atoms with E-state index >= 15 is 0 Å². The van der Waals surface area contributed by atoms with Crippen molar-refractivity contribution < 1.29 is 32.7 Å². The molecule has 2 rings (SSSR count). The molecule has 0 aliphatic carbocycles. The Morgan fingerprint density at radius 1 is 1.05 bits per heavy atom. The van der Waals surface area contributed by atoms with E-state index in [4.69, 9.17) is 24.9 Å². The maximum atomic E-state index is 13.1. The summed E-state index contributed by atoms with van der Waals surface area (Å²) in [6, 6.07) is 7.41. The number of benzene rings is 1. The number of ether oxygens (including phenoxy) is 2. The van der Waals surface area contributed by atoms with Crippen LogP contribution in [-0.4, -0.2) is 56.2 Å². The fraction of sp³-hybridized carbons (Fsp3) is 0.655. The molecule has 1 heterocycles. The third-order valence-electron chi connectivity index (χ3n) is 6.97. The summed E-state index contributed by atoms with van der Waals surface area (Å²) >= 11 is 0. The van der Waals surface area contributed by atoms with Crippen LogP contribution in [0.4, 0.5) is 10.5 Å². The van der Waals surface area contributed by atoms with E-state index < -0.39 is 19.8 Å². The van der Waals surface area contributed by atoms with Crippen LogP contribution in [0.25, 0.3) is 0 Å². The third kappa shape index (κ3) is 11.0. The first-order chi connectivity index (χ1) is 18.6. The van der Waals surface area contributed by atoms with Crippen molar-refractivity contribution in [2.24, 2.45) is 11.8 Å². The predicted octanol–water partition coefficient (Wildman–Crippen LogP) is 5.78. The number of terminal acetylenes is 1. The molecule has 2 amide bonds. The molecule has 0 spiro atoms. The summed E-state index contributed by atoms with van der Waals surface area (Å²) < 4.78 is 36.2. The summed E-state index contributed by atoms with van der Waals surface area (Å²) in [5, 5.41) is 5.67. The highest BCUT2D eigenvalue weighted by atomic mass is 31.2. The monoisotopic (exact) mass is 564 g/mol. The summed E-state index contributed by atoms with van der Waals surface area (Å²) in [7, 11) is -3.27. The number of hydrogen-bond donors (Lipinski definition) is 2. The molecule has 0 radical (unpaired) electrons. The van der Waals surface area contributed by atoms with E-state index in [2.05, 4.69) is 30.4 Å². The number of hydrogen-bond acceptors (Lipinski definition) is 7. The van der Waals surface area contributed by atoms with E-state index in [0.29, 0.717) is 31.5 Å². The van der Waals surface area contributed by atoms with Gasteiger partial charge in [-0.25, -0.2) is 4.79 Å². The molecule has 0 unspecified atom stereocenters. The number of nitrogens with one attached hydrogen (secondary N) is 2. The van der Waals surface area contributed by atoms with Crippen molar-refractivity contribution in [3.05, 3.63) is 29.8 Å². The van der Waals surface area contributed by atoms with Crippen LogP contribution in [0.5, 0.6) is 0 Å². The van der Waals surface area contributed by atoms with Crippen LogP contribution in [0.15, 0.2) is 24.3 Å². The SMILES string of the molecule is C#CCCCCNC(=O)Nc1ccc(C[C@H]2O[C@H](CCP(=O)(OCC)OCC)[C@@H](OC(C)=O)[C@H](C)[C@@H]2C)cc1.